The Hall–Kier alpha value is -1.96. The Labute approximate surface area is 152 Å². The summed E-state index contributed by atoms with van der Waals surface area (Å²) < 4.78 is 37.4. The van der Waals surface area contributed by atoms with Crippen LogP contribution in [0.15, 0.2) is 28.4 Å². The molecule has 0 heterocycles. The summed E-state index contributed by atoms with van der Waals surface area (Å²) in [5.74, 6) is -3.26. The van der Waals surface area contributed by atoms with Gasteiger partial charge in [-0.2, -0.15) is 0 Å². The molecular formula is C17H18BrF2NO4. The molecule has 1 aromatic carbocycles. The highest BCUT2D eigenvalue weighted by Gasteiger charge is 2.33. The monoisotopic (exact) mass is 417 g/mol. The summed E-state index contributed by atoms with van der Waals surface area (Å²) in [6.07, 6.45) is 2.73. The second-order valence-electron chi connectivity index (χ2n) is 5.32. The quantitative estimate of drug-likeness (QED) is 0.222. The van der Waals surface area contributed by atoms with Crippen LogP contribution in [0, 0.1) is 11.6 Å². The summed E-state index contributed by atoms with van der Waals surface area (Å²) in [4.78, 5) is 25.6. The summed E-state index contributed by atoms with van der Waals surface area (Å²) in [6, 6.07) is 2.28. The van der Waals surface area contributed by atoms with Gasteiger partial charge in [-0.15, -0.1) is 0 Å². The maximum Gasteiger partial charge on any atom is 0.347 e. The molecule has 25 heavy (non-hydrogen) atoms. The van der Waals surface area contributed by atoms with E-state index in [1.807, 2.05) is 0 Å². The Morgan fingerprint density at radius 3 is 2.24 bits per heavy atom. The summed E-state index contributed by atoms with van der Waals surface area (Å²) in [5.41, 5.74) is -0.280. The van der Waals surface area contributed by atoms with Gasteiger partial charge in [0.05, 0.1) is 23.4 Å². The molecule has 0 amide bonds. The zero-order valence-corrected chi connectivity index (χ0v) is 15.4. The van der Waals surface area contributed by atoms with Gasteiger partial charge < -0.3 is 14.4 Å². The van der Waals surface area contributed by atoms with E-state index in [1.54, 1.807) is 13.8 Å². The van der Waals surface area contributed by atoms with Crippen LogP contribution >= 0.6 is 15.9 Å². The van der Waals surface area contributed by atoms with Crippen molar-refractivity contribution < 1.29 is 27.8 Å². The molecule has 0 aliphatic heterocycles. The van der Waals surface area contributed by atoms with E-state index in [-0.39, 0.29) is 35.0 Å². The van der Waals surface area contributed by atoms with Gasteiger partial charge in [0.1, 0.15) is 5.82 Å². The zero-order chi connectivity index (χ0) is 18.6. The minimum absolute atomic E-state index is 0.0573. The normalized spacial score (nSPS) is 13.2. The molecular weight excluding hydrogens is 400 g/mol. The summed E-state index contributed by atoms with van der Waals surface area (Å²) in [6.45, 7) is 3.37. The highest BCUT2D eigenvalue weighted by atomic mass is 79.9. The lowest BCUT2D eigenvalue weighted by atomic mass is 10.2. The molecule has 5 nitrogen and oxygen atoms in total. The molecule has 1 aliphatic rings. The van der Waals surface area contributed by atoms with Crippen LogP contribution in [0.25, 0.3) is 0 Å². The Morgan fingerprint density at radius 2 is 1.76 bits per heavy atom. The lowest BCUT2D eigenvalue weighted by molar-refractivity contribution is -0.146. The molecule has 0 radical (unpaired) electrons. The van der Waals surface area contributed by atoms with Crippen LogP contribution in [0.4, 0.5) is 14.5 Å². The smallest absolute Gasteiger partial charge is 0.347 e. The van der Waals surface area contributed by atoms with Crippen molar-refractivity contribution in [1.82, 2.24) is 0 Å². The van der Waals surface area contributed by atoms with Gasteiger partial charge >= 0.3 is 11.9 Å². The third kappa shape index (κ3) is 4.56. The lowest BCUT2D eigenvalue weighted by Crippen LogP contribution is -2.26. The van der Waals surface area contributed by atoms with E-state index >= 15 is 0 Å². The molecule has 136 valence electrons. The van der Waals surface area contributed by atoms with Crippen molar-refractivity contribution in [1.29, 1.82) is 0 Å². The molecule has 0 unspecified atom stereocenters. The lowest BCUT2D eigenvalue weighted by Gasteiger charge is -2.22. The van der Waals surface area contributed by atoms with Crippen molar-refractivity contribution in [2.75, 3.05) is 18.1 Å². The number of benzene rings is 1. The Balaban J connectivity index is 2.46. The molecule has 0 spiro atoms. The van der Waals surface area contributed by atoms with Crippen LogP contribution in [0.1, 0.15) is 26.7 Å². The fraction of sp³-hybridized carbons (Fsp3) is 0.412. The average molecular weight is 418 g/mol. The summed E-state index contributed by atoms with van der Waals surface area (Å²) in [5, 5.41) is 0. The van der Waals surface area contributed by atoms with Crippen molar-refractivity contribution in [3.8, 4) is 0 Å². The molecule has 0 N–H and O–H groups in total. The SMILES string of the molecule is CCOC(=O)C(=CN(c1ccc(F)c(Br)c1F)C1CC1)C(=O)OCC. The third-order valence-corrected chi connectivity index (χ3v) is 4.22. The van der Waals surface area contributed by atoms with Gasteiger partial charge in [0.2, 0.25) is 0 Å². The highest BCUT2D eigenvalue weighted by molar-refractivity contribution is 9.10. The first-order valence-electron chi connectivity index (χ1n) is 7.88. The van der Waals surface area contributed by atoms with Crippen LogP contribution in [-0.4, -0.2) is 31.2 Å². The first kappa shape index (κ1) is 19.4. The second kappa shape index (κ2) is 8.42. The molecule has 2 rings (SSSR count). The number of rotatable bonds is 7. The Kier molecular flexibility index (Phi) is 6.52. The van der Waals surface area contributed by atoms with Crippen LogP contribution in [-0.2, 0) is 19.1 Å². The molecule has 1 aromatic rings. The number of hydrogen-bond acceptors (Lipinski definition) is 5. The van der Waals surface area contributed by atoms with E-state index < -0.39 is 23.6 Å². The number of carbonyl (C=O) groups excluding carboxylic acids is 2. The Bertz CT molecular complexity index is 684. The van der Waals surface area contributed by atoms with Crippen LogP contribution < -0.4 is 4.90 Å². The minimum atomic E-state index is -0.854. The number of hydrogen-bond donors (Lipinski definition) is 0. The minimum Gasteiger partial charge on any atom is -0.462 e. The molecule has 8 heteroatoms. The first-order chi connectivity index (χ1) is 11.9. The van der Waals surface area contributed by atoms with Gasteiger partial charge in [-0.05, 0) is 54.8 Å². The first-order valence-corrected chi connectivity index (χ1v) is 8.67. The van der Waals surface area contributed by atoms with E-state index in [4.69, 9.17) is 9.47 Å². The maximum atomic E-state index is 14.5. The van der Waals surface area contributed by atoms with Crippen molar-refractivity contribution in [2.24, 2.45) is 0 Å². The average Bonchev–Trinajstić information content (AvgIpc) is 3.40. The molecule has 1 aliphatic carbocycles. The number of esters is 2. The maximum absolute atomic E-state index is 14.5. The van der Waals surface area contributed by atoms with E-state index in [1.165, 1.54) is 17.2 Å². The van der Waals surface area contributed by atoms with E-state index in [0.717, 1.165) is 18.9 Å². The van der Waals surface area contributed by atoms with Gasteiger partial charge in [-0.3, -0.25) is 0 Å². The number of anilines is 1. The van der Waals surface area contributed by atoms with Crippen molar-refractivity contribution in [3.63, 3.8) is 0 Å². The number of halogens is 3. The number of nitrogens with zero attached hydrogens (tertiary/aromatic N) is 1. The fourth-order valence-corrected chi connectivity index (χ4v) is 2.52. The van der Waals surface area contributed by atoms with Crippen molar-refractivity contribution in [2.45, 2.75) is 32.7 Å². The van der Waals surface area contributed by atoms with E-state index in [9.17, 15) is 18.4 Å². The molecule has 1 fully saturated rings. The predicted molar refractivity (Wildman–Crippen MR) is 90.9 cm³/mol. The molecule has 1 saturated carbocycles. The van der Waals surface area contributed by atoms with Gasteiger partial charge in [0, 0.05) is 12.2 Å². The third-order valence-electron chi connectivity index (χ3n) is 3.49. The number of carbonyl (C=O) groups is 2. The summed E-state index contributed by atoms with van der Waals surface area (Å²) >= 11 is 2.86. The van der Waals surface area contributed by atoms with E-state index in [2.05, 4.69) is 15.9 Å². The Morgan fingerprint density at radius 1 is 1.20 bits per heavy atom. The van der Waals surface area contributed by atoms with E-state index in [0.29, 0.717) is 0 Å². The van der Waals surface area contributed by atoms with Gasteiger partial charge in [0.25, 0.3) is 0 Å². The molecule has 0 bridgehead atoms. The second-order valence-corrected chi connectivity index (χ2v) is 6.11. The van der Waals surface area contributed by atoms with Gasteiger partial charge in [-0.1, -0.05) is 0 Å². The zero-order valence-electron chi connectivity index (χ0n) is 13.9. The predicted octanol–water partition coefficient (Wildman–Crippen LogP) is 3.71. The van der Waals surface area contributed by atoms with Crippen molar-refractivity contribution >= 4 is 33.6 Å². The molecule has 0 saturated heterocycles. The fourth-order valence-electron chi connectivity index (χ4n) is 2.18. The standard InChI is InChI=1S/C17H18BrF2NO4/c1-3-24-16(22)11(17(23)25-4-2)9-21(10-5-6-10)13-8-7-12(19)14(18)15(13)20/h7-10H,3-6H2,1-2H3. The van der Waals surface area contributed by atoms with Crippen LogP contribution in [0.3, 0.4) is 0 Å². The van der Waals surface area contributed by atoms with Gasteiger partial charge in [-0.25, -0.2) is 18.4 Å². The topological polar surface area (TPSA) is 55.8 Å². The molecule has 0 atom stereocenters. The number of ether oxygens (including phenoxy) is 2. The molecule has 0 aromatic heterocycles. The van der Waals surface area contributed by atoms with Crippen LogP contribution in [0.5, 0.6) is 0 Å². The van der Waals surface area contributed by atoms with Crippen LogP contribution in [0.2, 0.25) is 0 Å². The van der Waals surface area contributed by atoms with Crippen molar-refractivity contribution in [3.05, 3.63) is 40.0 Å². The largest absolute Gasteiger partial charge is 0.462 e. The van der Waals surface area contributed by atoms with Gasteiger partial charge in [0.15, 0.2) is 11.4 Å². The highest BCUT2D eigenvalue weighted by Crippen LogP contribution is 2.37. The summed E-state index contributed by atoms with van der Waals surface area (Å²) in [7, 11) is 0.